The third kappa shape index (κ3) is 15.9. The minimum Gasteiger partial charge on any atom is -0.440 e. The molecule has 8 nitrogen and oxygen atoms in total. The molecule has 0 fully saturated rings. The van der Waals surface area contributed by atoms with Crippen LogP contribution in [0.1, 0.15) is 61.3 Å². The average Bonchev–Trinajstić information content (AvgIpc) is 3.05. The van der Waals surface area contributed by atoms with Crippen LogP contribution in [0.5, 0.6) is 0 Å². The number of carbonyl (C=O) groups is 1. The Balaban J connectivity index is 0. The Bertz CT molecular complexity index is 1380. The Kier molecular flexibility index (Phi) is 26.2. The van der Waals surface area contributed by atoms with E-state index in [4.69, 9.17) is 15.1 Å². The molecule has 4 rings (SSSR count). The zero-order valence-corrected chi connectivity index (χ0v) is 29.4. The van der Waals surface area contributed by atoms with E-state index in [0.29, 0.717) is 26.1 Å². The first-order chi connectivity index (χ1) is 21.7. The van der Waals surface area contributed by atoms with Crippen molar-refractivity contribution in [2.75, 3.05) is 25.2 Å². The van der Waals surface area contributed by atoms with Gasteiger partial charge in [0.1, 0.15) is 5.82 Å². The number of nitrogens with two attached hydrogens (primary N) is 2. The maximum atomic E-state index is 13.3. The fourth-order valence-electron chi connectivity index (χ4n) is 3.74. The van der Waals surface area contributed by atoms with Crippen molar-refractivity contribution < 1.29 is 14.2 Å². The van der Waals surface area contributed by atoms with Gasteiger partial charge >= 0.3 is 7.62 Å². The van der Waals surface area contributed by atoms with Crippen LogP contribution in [0.3, 0.4) is 0 Å². The van der Waals surface area contributed by atoms with E-state index in [1.807, 2.05) is 71.3 Å². The van der Waals surface area contributed by atoms with Crippen molar-refractivity contribution in [2.24, 2.45) is 10.8 Å². The van der Waals surface area contributed by atoms with Crippen molar-refractivity contribution in [1.29, 1.82) is 0 Å². The number of halogens is 1. The molecular formula is C33H49BFN6O2S2. The summed E-state index contributed by atoms with van der Waals surface area (Å²) in [6.07, 6.45) is 5.40. The number of aryl methyl sites for hydroxylation is 1. The fourth-order valence-corrected chi connectivity index (χ4v) is 3.74. The second-order valence-corrected chi connectivity index (χ2v) is 9.33. The van der Waals surface area contributed by atoms with Crippen LogP contribution >= 0.6 is 24.2 Å². The highest BCUT2D eigenvalue weighted by Crippen LogP contribution is 2.25. The number of carbonyl (C=O) groups excluding carboxylic acids is 1. The largest absolute Gasteiger partial charge is 0.440 e. The molecule has 0 aliphatic heterocycles. The molecule has 0 unspecified atom stereocenters. The van der Waals surface area contributed by atoms with E-state index in [2.05, 4.69) is 53.2 Å². The van der Waals surface area contributed by atoms with E-state index in [-0.39, 0.29) is 11.7 Å². The zero-order chi connectivity index (χ0) is 34.8. The summed E-state index contributed by atoms with van der Waals surface area (Å²) >= 11 is 5.08. The van der Waals surface area contributed by atoms with Gasteiger partial charge in [-0.25, -0.2) is 4.39 Å². The number of hydrogen-bond donors (Lipinski definition) is 5. The first-order valence-electron chi connectivity index (χ1n) is 14.5. The number of nitrogens with one attached hydrogen (secondary N) is 2. The maximum Gasteiger partial charge on any atom is 0.389 e. The summed E-state index contributed by atoms with van der Waals surface area (Å²) in [5.74, 6) is 2.42. The molecule has 2 aromatic carbocycles. The van der Waals surface area contributed by atoms with Gasteiger partial charge in [-0.2, -0.15) is 0 Å². The number of thiocarbonyl (C=S) groups is 1. The molecule has 12 heteroatoms. The summed E-state index contributed by atoms with van der Waals surface area (Å²) in [4.78, 5) is 21.9. The van der Waals surface area contributed by atoms with E-state index in [1.165, 1.54) is 30.5 Å². The second-order valence-electron chi connectivity index (χ2n) is 8.86. The van der Waals surface area contributed by atoms with Crippen molar-refractivity contribution in [3.8, 4) is 11.3 Å². The summed E-state index contributed by atoms with van der Waals surface area (Å²) < 4.78 is 13.3. The molecule has 0 saturated carbocycles. The third-order valence-electron chi connectivity index (χ3n) is 5.61. The van der Waals surface area contributed by atoms with Crippen molar-refractivity contribution >= 4 is 60.2 Å². The summed E-state index contributed by atoms with van der Waals surface area (Å²) in [7, 11) is 2.31. The van der Waals surface area contributed by atoms with Crippen molar-refractivity contribution in [3.05, 3.63) is 89.0 Å². The molecule has 45 heavy (non-hydrogen) atoms. The van der Waals surface area contributed by atoms with Crippen LogP contribution in [0.15, 0.2) is 60.8 Å². The van der Waals surface area contributed by atoms with E-state index < -0.39 is 0 Å². The van der Waals surface area contributed by atoms with Gasteiger partial charge in [-0.05, 0) is 85.6 Å². The van der Waals surface area contributed by atoms with Gasteiger partial charge in [0.25, 0.3) is 5.91 Å². The molecule has 1 amide bonds. The summed E-state index contributed by atoms with van der Waals surface area (Å²) in [6, 6.07) is 15.9. The number of amides is 1. The minimum absolute atomic E-state index is 0.144. The number of benzene rings is 2. The fraction of sp³-hybridized carbons (Fsp3) is 0.333. The molecular weight excluding hydrogens is 606 g/mol. The van der Waals surface area contributed by atoms with Crippen LogP contribution in [0.2, 0.25) is 0 Å². The lowest BCUT2D eigenvalue weighted by atomic mass is 10.0. The second kappa shape index (κ2) is 26.9. The van der Waals surface area contributed by atoms with Crippen LogP contribution in [0.4, 0.5) is 10.1 Å². The molecule has 2 aromatic heterocycles. The lowest BCUT2D eigenvalue weighted by Crippen LogP contribution is -2.26. The maximum absolute atomic E-state index is 13.3. The number of aromatic nitrogens is 2. The predicted octanol–water partition coefficient (Wildman–Crippen LogP) is 6.82. The van der Waals surface area contributed by atoms with E-state index in [9.17, 15) is 9.18 Å². The highest BCUT2D eigenvalue weighted by atomic mass is 32.2. The Labute approximate surface area is 279 Å². The quantitative estimate of drug-likeness (QED) is 0.0860. The SMILES string of the molecule is C=S.CC.CCC.CNc1cc(C(=O)NCCc2cc(C)c(C)c(-c3ccc(F)cc3)n2)cc2cccnc12.CSN.N[B]O. The predicted molar refractivity (Wildman–Crippen MR) is 198 cm³/mol. The van der Waals surface area contributed by atoms with Crippen LogP contribution < -0.4 is 21.4 Å². The van der Waals surface area contributed by atoms with E-state index in [1.54, 1.807) is 18.3 Å². The van der Waals surface area contributed by atoms with Gasteiger partial charge in [-0.3, -0.25) is 19.9 Å². The van der Waals surface area contributed by atoms with Crippen molar-refractivity contribution in [3.63, 3.8) is 0 Å². The molecule has 1 radical (unpaired) electrons. The molecule has 4 aromatic rings. The molecule has 0 aliphatic rings. The van der Waals surface area contributed by atoms with Crippen LogP contribution in [-0.2, 0) is 6.42 Å². The molecule has 7 N–H and O–H groups in total. The van der Waals surface area contributed by atoms with Gasteiger partial charge in [0, 0.05) is 48.4 Å². The monoisotopic (exact) mass is 655 g/mol. The van der Waals surface area contributed by atoms with Crippen LogP contribution in [-0.4, -0.2) is 54.2 Å². The number of anilines is 1. The van der Waals surface area contributed by atoms with Gasteiger partial charge in [0.2, 0.25) is 0 Å². The number of fused-ring (bicyclic) bond motifs is 1. The first-order valence-corrected chi connectivity index (χ1v) is 16.3. The molecule has 245 valence electrons. The van der Waals surface area contributed by atoms with Crippen LogP contribution in [0.25, 0.3) is 22.2 Å². The Morgan fingerprint density at radius 1 is 1.11 bits per heavy atom. The van der Waals surface area contributed by atoms with E-state index >= 15 is 0 Å². The molecule has 0 saturated heterocycles. The normalized spacial score (nSPS) is 9.07. The smallest absolute Gasteiger partial charge is 0.389 e. The summed E-state index contributed by atoms with van der Waals surface area (Å²) in [5, 5.41) is 19.0. The Morgan fingerprint density at radius 2 is 1.67 bits per heavy atom. The van der Waals surface area contributed by atoms with Gasteiger partial charge in [0.15, 0.2) is 0 Å². The lowest BCUT2D eigenvalue weighted by Gasteiger charge is -2.13. The number of pyridine rings is 2. The van der Waals surface area contributed by atoms with Gasteiger partial charge < -0.3 is 21.3 Å². The average molecular weight is 656 g/mol. The summed E-state index contributed by atoms with van der Waals surface area (Å²) in [5.41, 5.74) is 11.3. The third-order valence-corrected chi connectivity index (χ3v) is 5.61. The molecule has 0 aliphatic carbocycles. The molecule has 2 heterocycles. The highest BCUT2D eigenvalue weighted by molar-refractivity contribution is 7.96. The van der Waals surface area contributed by atoms with Gasteiger partial charge in [-0.1, -0.05) is 64.3 Å². The first kappa shape index (κ1) is 43.7. The number of hydrogen-bond acceptors (Lipinski definition) is 9. The van der Waals surface area contributed by atoms with Crippen molar-refractivity contribution in [2.45, 2.75) is 54.4 Å². The van der Waals surface area contributed by atoms with Gasteiger partial charge in [-0.15, -0.1) is 0 Å². The van der Waals surface area contributed by atoms with E-state index in [0.717, 1.165) is 44.7 Å². The lowest BCUT2D eigenvalue weighted by molar-refractivity contribution is 0.0954. The minimum atomic E-state index is -0.270. The summed E-state index contributed by atoms with van der Waals surface area (Å²) in [6.45, 7) is 12.8. The molecule has 0 atom stereocenters. The Hall–Kier alpha value is -3.42. The highest BCUT2D eigenvalue weighted by Gasteiger charge is 2.12. The number of nitrogens with zero attached hydrogens (tertiary/aromatic N) is 2. The molecule has 0 spiro atoms. The van der Waals surface area contributed by atoms with Gasteiger partial charge in [0.05, 0.1) is 16.9 Å². The standard InChI is InChI=1S/C26H25FN4O.C3H8.C2H6.CH5NS.CH2S.BH3NO/c1-16-13-22(31-24(17(16)2)18-6-8-21(27)9-7-18)10-12-30-26(32)20-14-19-5-4-11-29-25(19)23(15-20)28-3;1-3-2;1-2;1-3-2;1-2;2-1-3/h4-9,11,13-15,28H,10,12H2,1-3H3,(H,30,32);3H2,1-2H3;1-2H3;2H2,1H3;1H2;3H,2H2. The Morgan fingerprint density at radius 3 is 2.20 bits per heavy atom. The van der Waals surface area contributed by atoms with Crippen LogP contribution in [0, 0.1) is 19.7 Å². The zero-order valence-electron chi connectivity index (χ0n) is 27.8. The van der Waals surface area contributed by atoms with Crippen molar-refractivity contribution in [1.82, 2.24) is 15.3 Å². The molecule has 0 bridgehead atoms. The topological polar surface area (TPSA) is 139 Å². The number of rotatable bonds is 6.